The maximum atomic E-state index is 13.6. The number of aromatic nitrogens is 2. The third kappa shape index (κ3) is 4.78. The van der Waals surface area contributed by atoms with E-state index in [1.807, 2.05) is 0 Å². The van der Waals surface area contributed by atoms with Gasteiger partial charge in [0.2, 0.25) is 5.95 Å². The molecule has 3 aromatic rings. The van der Waals surface area contributed by atoms with E-state index in [2.05, 4.69) is 20.6 Å². The van der Waals surface area contributed by atoms with Gasteiger partial charge in [0.1, 0.15) is 23.8 Å². The zero-order chi connectivity index (χ0) is 23.5. The lowest BCUT2D eigenvalue weighted by molar-refractivity contribution is 0.00917. The molecule has 10 heteroatoms. The van der Waals surface area contributed by atoms with Gasteiger partial charge in [0, 0.05) is 17.4 Å². The highest BCUT2D eigenvalue weighted by Crippen LogP contribution is 2.31. The summed E-state index contributed by atoms with van der Waals surface area (Å²) in [4.78, 5) is 21.1. The lowest BCUT2D eigenvalue weighted by Crippen LogP contribution is -2.38. The van der Waals surface area contributed by atoms with Crippen LogP contribution < -0.4 is 15.4 Å². The summed E-state index contributed by atoms with van der Waals surface area (Å²) in [5, 5.41) is 5.91. The van der Waals surface area contributed by atoms with Gasteiger partial charge < -0.3 is 24.3 Å². The molecule has 5 rings (SSSR count). The van der Waals surface area contributed by atoms with Gasteiger partial charge in [-0.25, -0.2) is 19.2 Å². The van der Waals surface area contributed by atoms with Crippen LogP contribution in [0.1, 0.15) is 0 Å². The third-order valence-corrected chi connectivity index (χ3v) is 5.69. The lowest BCUT2D eigenvalue weighted by Gasteiger charge is -2.18. The molecule has 2 aliphatic heterocycles. The smallest absolute Gasteiger partial charge is 0.412 e. The fraction of sp³-hybridized carbons (Fsp3) is 0.292. The van der Waals surface area contributed by atoms with Crippen molar-refractivity contribution in [2.24, 2.45) is 0 Å². The second-order valence-corrected chi connectivity index (χ2v) is 7.92. The zero-order valence-corrected chi connectivity index (χ0v) is 18.3. The number of fused-ring (bicyclic) bond motifs is 1. The summed E-state index contributed by atoms with van der Waals surface area (Å²) >= 11 is 0. The summed E-state index contributed by atoms with van der Waals surface area (Å²) in [6, 6.07) is 14.6. The van der Waals surface area contributed by atoms with Crippen LogP contribution in [0.2, 0.25) is 0 Å². The number of nitrogens with one attached hydrogen (secondary N) is 2. The number of carbonyl (C=O) groups excluding carboxylic acids is 1. The lowest BCUT2D eigenvalue weighted by atomic mass is 10.1. The number of methoxy groups -OCH3 is 1. The van der Waals surface area contributed by atoms with Crippen molar-refractivity contribution >= 4 is 17.7 Å². The number of rotatable bonds is 6. The SMILES string of the molecule is COc1ccc(NC(=O)O[C@H]2CO[C@@H]3[C@@H]2OC[C@@H]3Nc2nccc(-c3cccc(F)c3)n2)cc1. The fourth-order valence-electron chi connectivity index (χ4n) is 4.05. The van der Waals surface area contributed by atoms with Crippen LogP contribution in [0.15, 0.2) is 60.8 Å². The molecule has 1 amide bonds. The third-order valence-electron chi connectivity index (χ3n) is 5.69. The first-order valence-electron chi connectivity index (χ1n) is 10.8. The summed E-state index contributed by atoms with van der Waals surface area (Å²) in [5.41, 5.74) is 1.83. The number of hydrogen-bond acceptors (Lipinski definition) is 8. The van der Waals surface area contributed by atoms with Crippen LogP contribution in [0.5, 0.6) is 5.75 Å². The summed E-state index contributed by atoms with van der Waals surface area (Å²) in [5.74, 6) is 0.731. The van der Waals surface area contributed by atoms with E-state index in [1.165, 1.54) is 12.1 Å². The molecule has 3 heterocycles. The standard InChI is InChI=1S/C24H23FN4O5/c1-31-17-7-5-16(6-8-17)27-24(30)34-20-13-33-21-19(12-32-22(20)21)29-23-26-10-9-18(28-23)14-3-2-4-15(25)11-14/h2-11,19-22H,12-13H2,1H3,(H,27,30)(H,26,28,29)/t19-,20-,21-,22+/m0/s1. The van der Waals surface area contributed by atoms with Crippen molar-refractivity contribution in [3.8, 4) is 17.0 Å². The van der Waals surface area contributed by atoms with Crippen molar-refractivity contribution in [3.05, 3.63) is 66.6 Å². The molecular formula is C24H23FN4O5. The number of anilines is 2. The van der Waals surface area contributed by atoms with Gasteiger partial charge in [-0.3, -0.25) is 5.32 Å². The van der Waals surface area contributed by atoms with Crippen molar-refractivity contribution in [3.63, 3.8) is 0 Å². The van der Waals surface area contributed by atoms with Gasteiger partial charge in [-0.15, -0.1) is 0 Å². The van der Waals surface area contributed by atoms with Crippen LogP contribution in [0.4, 0.5) is 20.8 Å². The summed E-state index contributed by atoms with van der Waals surface area (Å²) in [6.07, 6.45) is -0.278. The first-order chi connectivity index (χ1) is 16.6. The molecule has 0 aliphatic carbocycles. The number of benzene rings is 2. The molecule has 34 heavy (non-hydrogen) atoms. The maximum Gasteiger partial charge on any atom is 0.412 e. The van der Waals surface area contributed by atoms with Crippen molar-refractivity contribution in [2.45, 2.75) is 24.4 Å². The van der Waals surface area contributed by atoms with Gasteiger partial charge in [0.15, 0.2) is 6.10 Å². The molecule has 2 fully saturated rings. The Labute approximate surface area is 195 Å². The Morgan fingerprint density at radius 2 is 1.91 bits per heavy atom. The number of nitrogens with zero attached hydrogens (tertiary/aromatic N) is 2. The average molecular weight is 466 g/mol. The van der Waals surface area contributed by atoms with Crippen LogP contribution in [0.3, 0.4) is 0 Å². The van der Waals surface area contributed by atoms with E-state index in [0.717, 1.165) is 0 Å². The molecule has 0 saturated carbocycles. The van der Waals surface area contributed by atoms with Crippen molar-refractivity contribution in [1.29, 1.82) is 0 Å². The summed E-state index contributed by atoms with van der Waals surface area (Å²) in [7, 11) is 1.57. The van der Waals surface area contributed by atoms with Gasteiger partial charge in [-0.1, -0.05) is 12.1 Å². The molecule has 2 N–H and O–H groups in total. The van der Waals surface area contributed by atoms with Crippen molar-refractivity contribution in [2.75, 3.05) is 31.0 Å². The molecule has 4 atom stereocenters. The number of amides is 1. The van der Waals surface area contributed by atoms with Gasteiger partial charge in [0.05, 0.1) is 32.1 Å². The number of halogens is 1. The quantitative estimate of drug-likeness (QED) is 0.569. The van der Waals surface area contributed by atoms with Crippen LogP contribution in [-0.2, 0) is 14.2 Å². The van der Waals surface area contributed by atoms with Crippen LogP contribution >= 0.6 is 0 Å². The minimum atomic E-state index is -0.592. The predicted octanol–water partition coefficient (Wildman–Crippen LogP) is 3.49. The topological polar surface area (TPSA) is 104 Å². The Hall–Kier alpha value is -3.76. The van der Waals surface area contributed by atoms with Crippen molar-refractivity contribution < 1.29 is 28.1 Å². The molecule has 2 saturated heterocycles. The summed E-state index contributed by atoms with van der Waals surface area (Å²) < 4.78 is 36.0. The van der Waals surface area contributed by atoms with E-state index in [-0.39, 0.29) is 24.6 Å². The minimum Gasteiger partial charge on any atom is -0.497 e. The Balaban J connectivity index is 1.18. The highest BCUT2D eigenvalue weighted by atomic mass is 19.1. The Kier molecular flexibility index (Phi) is 6.24. The highest BCUT2D eigenvalue weighted by molar-refractivity contribution is 5.84. The van der Waals surface area contributed by atoms with Crippen LogP contribution in [-0.4, -0.2) is 60.7 Å². The van der Waals surface area contributed by atoms with Gasteiger partial charge in [-0.2, -0.15) is 0 Å². The number of hydrogen-bond donors (Lipinski definition) is 2. The van der Waals surface area contributed by atoms with E-state index in [9.17, 15) is 9.18 Å². The molecule has 1 aromatic heterocycles. The first kappa shape index (κ1) is 22.1. The average Bonchev–Trinajstić information content (AvgIpc) is 3.43. The molecule has 2 aliphatic rings. The normalized spacial score (nSPS) is 23.2. The van der Waals surface area contributed by atoms with Crippen LogP contribution in [0.25, 0.3) is 11.3 Å². The summed E-state index contributed by atoms with van der Waals surface area (Å²) in [6.45, 7) is 0.552. The monoisotopic (exact) mass is 466 g/mol. The Bertz CT molecular complexity index is 1160. The molecule has 0 spiro atoms. The number of ether oxygens (including phenoxy) is 4. The second-order valence-electron chi connectivity index (χ2n) is 7.92. The molecular weight excluding hydrogens is 443 g/mol. The minimum absolute atomic E-state index is 0.216. The van der Waals surface area contributed by atoms with E-state index >= 15 is 0 Å². The molecule has 0 unspecified atom stereocenters. The largest absolute Gasteiger partial charge is 0.497 e. The second kappa shape index (κ2) is 9.62. The van der Waals surface area contributed by atoms with Gasteiger partial charge in [-0.05, 0) is 42.5 Å². The van der Waals surface area contributed by atoms with E-state index in [1.54, 1.807) is 55.8 Å². The number of carbonyl (C=O) groups is 1. The Morgan fingerprint density at radius 3 is 2.71 bits per heavy atom. The van der Waals surface area contributed by atoms with E-state index in [4.69, 9.17) is 18.9 Å². The Morgan fingerprint density at radius 1 is 1.09 bits per heavy atom. The molecule has 2 aromatic carbocycles. The first-order valence-corrected chi connectivity index (χ1v) is 10.8. The molecule has 0 radical (unpaired) electrons. The van der Waals surface area contributed by atoms with Crippen LogP contribution in [0, 0.1) is 5.82 Å². The fourth-order valence-corrected chi connectivity index (χ4v) is 4.05. The molecule has 0 bridgehead atoms. The molecule has 9 nitrogen and oxygen atoms in total. The van der Waals surface area contributed by atoms with E-state index < -0.39 is 18.3 Å². The maximum absolute atomic E-state index is 13.6. The predicted molar refractivity (Wildman–Crippen MR) is 121 cm³/mol. The van der Waals surface area contributed by atoms with E-state index in [0.29, 0.717) is 35.2 Å². The van der Waals surface area contributed by atoms with Gasteiger partial charge in [0.25, 0.3) is 0 Å². The zero-order valence-electron chi connectivity index (χ0n) is 18.3. The molecule has 176 valence electrons. The highest BCUT2D eigenvalue weighted by Gasteiger charge is 2.49. The van der Waals surface area contributed by atoms with Crippen molar-refractivity contribution in [1.82, 2.24) is 9.97 Å². The van der Waals surface area contributed by atoms with Gasteiger partial charge >= 0.3 is 6.09 Å².